The van der Waals surface area contributed by atoms with Crippen LogP contribution in [-0.4, -0.2) is 12.8 Å². The number of rotatable bonds is 0. The lowest BCUT2D eigenvalue weighted by Crippen LogP contribution is -2.14. The van der Waals surface area contributed by atoms with Crippen LogP contribution in [0.4, 0.5) is 0 Å². The van der Waals surface area contributed by atoms with Crippen LogP contribution in [0.25, 0.3) is 0 Å². The summed E-state index contributed by atoms with van der Waals surface area (Å²) >= 11 is 0. The summed E-state index contributed by atoms with van der Waals surface area (Å²) in [7, 11) is 0. The maximum absolute atomic E-state index is 3.83. The number of hydrazone groups is 1. The average molecular weight is 96.1 g/mol. The van der Waals surface area contributed by atoms with Crippen LogP contribution >= 0.6 is 0 Å². The van der Waals surface area contributed by atoms with Crippen LogP contribution in [0.1, 0.15) is 6.42 Å². The van der Waals surface area contributed by atoms with E-state index in [0.717, 1.165) is 13.0 Å². The van der Waals surface area contributed by atoms with Crippen molar-refractivity contribution in [2.24, 2.45) is 0 Å². The van der Waals surface area contributed by atoms with Crippen LogP contribution < -0.4 is 10.5 Å². The number of hydrogen-bond acceptors (Lipinski definition) is 2. The van der Waals surface area contributed by atoms with E-state index < -0.39 is 0 Å². The highest BCUT2D eigenvalue weighted by Crippen LogP contribution is 1.76. The van der Waals surface area contributed by atoms with Crippen molar-refractivity contribution in [3.63, 3.8) is 0 Å². The lowest BCUT2D eigenvalue weighted by molar-refractivity contribution is 0.755. The highest BCUT2D eigenvalue weighted by molar-refractivity contribution is 5.57. The zero-order valence-electron chi connectivity index (χ0n) is 4.09. The van der Waals surface area contributed by atoms with Gasteiger partial charge in [-0.3, -0.25) is 0 Å². The van der Waals surface area contributed by atoms with Crippen molar-refractivity contribution in [2.45, 2.75) is 6.42 Å². The van der Waals surface area contributed by atoms with E-state index in [0.29, 0.717) is 0 Å². The van der Waals surface area contributed by atoms with E-state index in [4.69, 9.17) is 0 Å². The number of nitrogens with one attached hydrogen (secondary N) is 1. The lowest BCUT2D eigenvalue weighted by Gasteiger charge is -1.71. The van der Waals surface area contributed by atoms with Gasteiger partial charge in [-0.05, 0) is 0 Å². The molecule has 0 unspecified atom stereocenters. The van der Waals surface area contributed by atoms with Gasteiger partial charge in [-0.15, -0.1) is 5.43 Å². The molecule has 0 aromatic rings. The number of nitrogens with zero attached hydrogens (tertiary/aromatic N) is 1. The van der Waals surface area contributed by atoms with E-state index in [1.165, 1.54) is 0 Å². The van der Waals surface area contributed by atoms with Crippen LogP contribution in [0.3, 0.4) is 0 Å². The van der Waals surface area contributed by atoms with Gasteiger partial charge >= 0.3 is 0 Å². The summed E-state index contributed by atoms with van der Waals surface area (Å²) in [4.78, 5) is 0. The smallest absolute Gasteiger partial charge is 0.130 e. The minimum absolute atomic E-state index is 0.872. The summed E-state index contributed by atoms with van der Waals surface area (Å²) in [5.74, 6) is 0. The number of hydrogen-bond donors (Lipinski definition) is 1. The molecule has 1 N–H and O–H groups in total. The molecule has 0 bridgehead atoms. The monoisotopic (exact) mass is 96.1 g/mol. The Bertz CT molecular complexity index is 82.3. The van der Waals surface area contributed by atoms with Gasteiger partial charge in [-0.2, -0.15) is 0 Å². The highest BCUT2D eigenvalue weighted by Gasteiger charge is 1.89. The molecule has 1 aliphatic heterocycles. The van der Waals surface area contributed by atoms with Crippen molar-refractivity contribution in [3.8, 4) is 0 Å². The molecule has 0 aromatic heterocycles. The first kappa shape index (κ1) is 4.37. The van der Waals surface area contributed by atoms with E-state index in [9.17, 15) is 0 Å². The summed E-state index contributed by atoms with van der Waals surface area (Å²) in [6, 6.07) is 0. The Labute approximate surface area is 42.9 Å². The van der Waals surface area contributed by atoms with Gasteiger partial charge in [0.15, 0.2) is 5.10 Å². The maximum Gasteiger partial charge on any atom is 0.255 e. The first-order valence-corrected chi connectivity index (χ1v) is 2.39. The highest BCUT2D eigenvalue weighted by atomic mass is 15.3. The van der Waals surface area contributed by atoms with Crippen molar-refractivity contribution in [2.75, 3.05) is 6.54 Å². The second-order valence-corrected chi connectivity index (χ2v) is 1.38. The maximum atomic E-state index is 3.83. The zero-order valence-corrected chi connectivity index (χ0v) is 4.09. The van der Waals surface area contributed by atoms with E-state index >= 15 is 0 Å². The molecule has 2 nitrogen and oxygen atoms in total. The molecule has 1 radical (unpaired) electrons. The lowest BCUT2D eigenvalue weighted by atomic mass is 10.4. The van der Waals surface area contributed by atoms with Gasteiger partial charge < -0.3 is 0 Å². The summed E-state index contributed by atoms with van der Waals surface area (Å²) in [6.45, 7) is 0.872. The third-order valence-corrected chi connectivity index (χ3v) is 0.800. The Kier molecular flexibility index (Phi) is 1.50. The summed E-state index contributed by atoms with van der Waals surface area (Å²) in [5, 5.41) is 3.83. The first-order chi connectivity index (χ1) is 3.50. The Balaban J connectivity index is 2.38. The van der Waals surface area contributed by atoms with Crippen molar-refractivity contribution in [3.05, 3.63) is 12.2 Å². The van der Waals surface area contributed by atoms with Crippen LogP contribution in [0.15, 0.2) is 12.2 Å². The molecule has 37 valence electrons. The van der Waals surface area contributed by atoms with Gasteiger partial charge in [-0.1, -0.05) is 12.2 Å². The molecule has 2 heteroatoms. The van der Waals surface area contributed by atoms with E-state index in [2.05, 4.69) is 22.7 Å². The molecular formula is C5H8N2+. The fourth-order valence-electron chi connectivity index (χ4n) is 0.463. The predicted molar refractivity (Wildman–Crippen MR) is 30.0 cm³/mol. The molecule has 1 rings (SSSR count). The standard InChI is InChI=1S/C5H8N2/c1-2-4-6-7-5-3-1/h1-2,5-6H,3-4H2/q+1. The molecule has 0 aromatic carbocycles. The van der Waals surface area contributed by atoms with Gasteiger partial charge in [0.25, 0.3) is 6.21 Å². The zero-order chi connectivity index (χ0) is 4.95. The van der Waals surface area contributed by atoms with Crippen LogP contribution in [-0.2, 0) is 0 Å². The Morgan fingerprint density at radius 2 is 2.43 bits per heavy atom. The largest absolute Gasteiger partial charge is 0.255 e. The van der Waals surface area contributed by atoms with Gasteiger partial charge in [-0.25, -0.2) is 0 Å². The second kappa shape index (κ2) is 2.39. The van der Waals surface area contributed by atoms with Crippen molar-refractivity contribution < 1.29 is 0 Å². The van der Waals surface area contributed by atoms with Crippen molar-refractivity contribution >= 4 is 6.21 Å². The molecule has 0 atom stereocenters. The average Bonchev–Trinajstić information content (AvgIpc) is 1.90. The van der Waals surface area contributed by atoms with Crippen LogP contribution in [0, 0.1) is 0 Å². The normalized spacial score (nSPS) is 18.3. The van der Waals surface area contributed by atoms with Crippen molar-refractivity contribution in [1.82, 2.24) is 10.5 Å². The third-order valence-electron chi connectivity index (χ3n) is 0.800. The molecule has 0 saturated heterocycles. The van der Waals surface area contributed by atoms with E-state index in [1.54, 1.807) is 0 Å². The Hall–Kier alpha value is -0.790. The Morgan fingerprint density at radius 1 is 1.43 bits per heavy atom. The topological polar surface area (TPSA) is 26.1 Å². The fourth-order valence-corrected chi connectivity index (χ4v) is 0.463. The fraction of sp³-hybridized carbons (Fsp3) is 0.400. The molecule has 0 aliphatic carbocycles. The minimum atomic E-state index is 0.872. The predicted octanol–water partition coefficient (Wildman–Crippen LogP) is -0.142. The van der Waals surface area contributed by atoms with Crippen LogP contribution in [0.5, 0.6) is 0 Å². The van der Waals surface area contributed by atoms with E-state index in [-0.39, 0.29) is 0 Å². The van der Waals surface area contributed by atoms with Gasteiger partial charge in [0.05, 0.1) is 13.0 Å². The molecule has 0 spiro atoms. The number of allylic oxidation sites excluding steroid dienone is 1. The molecule has 0 saturated carbocycles. The Morgan fingerprint density at radius 3 is 3.43 bits per heavy atom. The third kappa shape index (κ3) is 1.39. The van der Waals surface area contributed by atoms with Crippen LogP contribution in [0.2, 0.25) is 0 Å². The molecule has 0 fully saturated rings. The summed E-state index contributed by atoms with van der Waals surface area (Å²) < 4.78 is 0. The molecule has 0 amide bonds. The van der Waals surface area contributed by atoms with Crippen molar-refractivity contribution in [1.29, 1.82) is 0 Å². The summed E-state index contributed by atoms with van der Waals surface area (Å²) in [6.07, 6.45) is 6.97. The molecular weight excluding hydrogens is 88.1 g/mol. The minimum Gasteiger partial charge on any atom is -0.130 e. The SMILES string of the molecule is C1=CCN[N+]=CC1. The molecule has 1 aliphatic rings. The second-order valence-electron chi connectivity index (χ2n) is 1.38. The summed E-state index contributed by atoms with van der Waals surface area (Å²) in [5.41, 5.74) is 2.83. The first-order valence-electron chi connectivity index (χ1n) is 2.39. The molecule has 7 heavy (non-hydrogen) atoms. The quantitative estimate of drug-likeness (QED) is 0.417. The van der Waals surface area contributed by atoms with E-state index in [1.807, 2.05) is 6.21 Å². The van der Waals surface area contributed by atoms with Gasteiger partial charge in [0.2, 0.25) is 0 Å². The van der Waals surface area contributed by atoms with Gasteiger partial charge in [0.1, 0.15) is 0 Å². The molecule has 1 heterocycles. The van der Waals surface area contributed by atoms with Gasteiger partial charge in [0, 0.05) is 0 Å².